The number of rotatable bonds is 4. The van der Waals surface area contributed by atoms with E-state index in [0.717, 1.165) is 17.9 Å². The van der Waals surface area contributed by atoms with Crippen molar-refractivity contribution in [3.05, 3.63) is 17.3 Å². The first-order valence-electron chi connectivity index (χ1n) is 6.92. The average molecular weight is 276 g/mol. The zero-order valence-electron chi connectivity index (χ0n) is 11.5. The third kappa shape index (κ3) is 2.72. The zero-order chi connectivity index (χ0) is 13.2. The highest BCUT2D eigenvalue weighted by Gasteiger charge is 2.16. The molecule has 0 radical (unpaired) electrons. The molecule has 2 aromatic heterocycles. The van der Waals surface area contributed by atoms with Gasteiger partial charge >= 0.3 is 0 Å². The van der Waals surface area contributed by atoms with E-state index in [1.54, 1.807) is 17.7 Å². The zero-order valence-corrected chi connectivity index (χ0v) is 12.3. The van der Waals surface area contributed by atoms with E-state index in [9.17, 15) is 0 Å². The smallest absolute Gasteiger partial charge is 0.147 e. The summed E-state index contributed by atoms with van der Waals surface area (Å²) < 4.78 is 1.17. The number of likely N-dealkylation sites (tertiary alicyclic amines) is 1. The van der Waals surface area contributed by atoms with Gasteiger partial charge in [0.2, 0.25) is 0 Å². The molecule has 5 heteroatoms. The number of aryl methyl sites for hydroxylation is 1. The van der Waals surface area contributed by atoms with Gasteiger partial charge in [-0.2, -0.15) is 0 Å². The van der Waals surface area contributed by atoms with Crippen LogP contribution >= 0.6 is 11.3 Å². The van der Waals surface area contributed by atoms with Gasteiger partial charge in [0.15, 0.2) is 0 Å². The lowest BCUT2D eigenvalue weighted by atomic mass is 10.3. The summed E-state index contributed by atoms with van der Waals surface area (Å²) in [6, 6.07) is 0.415. The number of anilines is 1. The van der Waals surface area contributed by atoms with Crippen LogP contribution in [0.25, 0.3) is 10.2 Å². The van der Waals surface area contributed by atoms with E-state index in [-0.39, 0.29) is 0 Å². The summed E-state index contributed by atoms with van der Waals surface area (Å²) in [5, 5.41) is 5.69. The Bertz CT molecular complexity index is 560. The van der Waals surface area contributed by atoms with Gasteiger partial charge in [-0.15, -0.1) is 11.3 Å². The van der Waals surface area contributed by atoms with Gasteiger partial charge in [0.25, 0.3) is 0 Å². The lowest BCUT2D eigenvalue weighted by Crippen LogP contribution is -2.33. The highest BCUT2D eigenvalue weighted by molar-refractivity contribution is 7.18. The Balaban J connectivity index is 1.73. The molecule has 0 aromatic carbocycles. The predicted molar refractivity (Wildman–Crippen MR) is 80.9 cm³/mol. The van der Waals surface area contributed by atoms with Crippen LogP contribution in [-0.2, 0) is 0 Å². The first kappa shape index (κ1) is 12.8. The Labute approximate surface area is 117 Å². The molecule has 0 aliphatic carbocycles. The minimum Gasteiger partial charge on any atom is -0.365 e. The molecule has 1 aliphatic rings. The quantitative estimate of drug-likeness (QED) is 0.932. The van der Waals surface area contributed by atoms with Gasteiger partial charge in [0, 0.05) is 12.6 Å². The summed E-state index contributed by atoms with van der Waals surface area (Å²) in [4.78, 5) is 11.3. The second-order valence-corrected chi connectivity index (χ2v) is 6.25. The summed E-state index contributed by atoms with van der Waals surface area (Å²) in [6.45, 7) is 7.90. The van der Waals surface area contributed by atoms with Crippen LogP contribution in [-0.4, -0.2) is 40.5 Å². The maximum Gasteiger partial charge on any atom is 0.147 e. The van der Waals surface area contributed by atoms with Crippen molar-refractivity contribution in [2.24, 2.45) is 0 Å². The van der Waals surface area contributed by atoms with E-state index in [4.69, 9.17) is 0 Å². The monoisotopic (exact) mass is 276 g/mol. The Kier molecular flexibility index (Phi) is 3.66. The van der Waals surface area contributed by atoms with Gasteiger partial charge in [0.1, 0.15) is 12.1 Å². The van der Waals surface area contributed by atoms with E-state index in [1.165, 1.54) is 36.2 Å². The van der Waals surface area contributed by atoms with Crippen LogP contribution in [0.4, 0.5) is 5.82 Å². The fourth-order valence-corrected chi connectivity index (χ4v) is 3.66. The first-order chi connectivity index (χ1) is 9.24. The fourth-order valence-electron chi connectivity index (χ4n) is 2.70. The van der Waals surface area contributed by atoms with E-state index in [1.807, 2.05) is 0 Å². The minimum atomic E-state index is 0.415. The van der Waals surface area contributed by atoms with Gasteiger partial charge in [-0.05, 0) is 50.7 Å². The van der Waals surface area contributed by atoms with Crippen LogP contribution in [0.15, 0.2) is 11.7 Å². The standard InChI is InChI=1S/C14H20N4S/c1-10-8-19-13-12(10)15-9-16-14(13)17-11(2)7-18-5-3-4-6-18/h8-9,11H,3-7H2,1-2H3,(H,15,16,17). The third-order valence-corrected chi connectivity index (χ3v) is 4.74. The molecular weight excluding hydrogens is 256 g/mol. The van der Waals surface area contributed by atoms with Gasteiger partial charge in [-0.25, -0.2) is 9.97 Å². The molecule has 1 fully saturated rings. The van der Waals surface area contributed by atoms with E-state index < -0.39 is 0 Å². The Morgan fingerprint density at radius 3 is 2.95 bits per heavy atom. The molecule has 0 bridgehead atoms. The Hall–Kier alpha value is -1.20. The topological polar surface area (TPSA) is 41.0 Å². The molecule has 0 amide bonds. The Morgan fingerprint density at radius 1 is 1.37 bits per heavy atom. The van der Waals surface area contributed by atoms with Gasteiger partial charge < -0.3 is 10.2 Å². The molecule has 0 saturated carbocycles. The van der Waals surface area contributed by atoms with Crippen LogP contribution in [0.5, 0.6) is 0 Å². The van der Waals surface area contributed by atoms with Crippen molar-refractivity contribution in [2.75, 3.05) is 25.0 Å². The number of thiophene rings is 1. The SMILES string of the molecule is Cc1csc2c(NC(C)CN3CCCC3)ncnc12. The summed E-state index contributed by atoms with van der Waals surface area (Å²) in [5.74, 6) is 0.981. The van der Waals surface area contributed by atoms with Crippen LogP contribution in [0.1, 0.15) is 25.3 Å². The molecule has 19 heavy (non-hydrogen) atoms. The normalized spacial score (nSPS) is 18.0. The number of nitrogens with one attached hydrogen (secondary N) is 1. The molecule has 2 aromatic rings. The van der Waals surface area contributed by atoms with Gasteiger partial charge in [-0.1, -0.05) is 0 Å². The molecule has 4 nitrogen and oxygen atoms in total. The van der Waals surface area contributed by atoms with Gasteiger partial charge in [-0.3, -0.25) is 0 Å². The number of hydrogen-bond acceptors (Lipinski definition) is 5. The van der Waals surface area contributed by atoms with Gasteiger partial charge in [0.05, 0.1) is 10.2 Å². The van der Waals surface area contributed by atoms with Crippen molar-refractivity contribution in [3.8, 4) is 0 Å². The summed E-state index contributed by atoms with van der Waals surface area (Å²) >= 11 is 1.72. The fraction of sp³-hybridized carbons (Fsp3) is 0.571. The molecule has 102 valence electrons. The molecule has 3 heterocycles. The maximum atomic E-state index is 4.40. The highest BCUT2D eigenvalue weighted by Crippen LogP contribution is 2.28. The lowest BCUT2D eigenvalue weighted by Gasteiger charge is -2.21. The average Bonchev–Trinajstić information content (AvgIpc) is 3.01. The second kappa shape index (κ2) is 5.43. The number of fused-ring (bicyclic) bond motifs is 1. The number of aromatic nitrogens is 2. The van der Waals surface area contributed by atoms with Crippen molar-refractivity contribution >= 4 is 27.4 Å². The minimum absolute atomic E-state index is 0.415. The van der Waals surface area contributed by atoms with Crippen molar-refractivity contribution in [2.45, 2.75) is 32.7 Å². The van der Waals surface area contributed by atoms with E-state index in [0.29, 0.717) is 6.04 Å². The lowest BCUT2D eigenvalue weighted by molar-refractivity contribution is 0.327. The molecular formula is C14H20N4S. The second-order valence-electron chi connectivity index (χ2n) is 5.37. The highest BCUT2D eigenvalue weighted by atomic mass is 32.1. The molecule has 1 unspecified atom stereocenters. The molecule has 0 spiro atoms. The van der Waals surface area contributed by atoms with E-state index >= 15 is 0 Å². The van der Waals surface area contributed by atoms with Crippen LogP contribution in [0.3, 0.4) is 0 Å². The van der Waals surface area contributed by atoms with Crippen molar-refractivity contribution < 1.29 is 0 Å². The summed E-state index contributed by atoms with van der Waals surface area (Å²) in [5.41, 5.74) is 2.31. The molecule has 1 aliphatic heterocycles. The number of nitrogens with zero attached hydrogens (tertiary/aromatic N) is 3. The largest absolute Gasteiger partial charge is 0.365 e. The number of hydrogen-bond donors (Lipinski definition) is 1. The first-order valence-corrected chi connectivity index (χ1v) is 7.79. The van der Waals surface area contributed by atoms with Crippen LogP contribution < -0.4 is 5.32 Å². The van der Waals surface area contributed by atoms with E-state index in [2.05, 4.69) is 39.4 Å². The summed E-state index contributed by atoms with van der Waals surface area (Å²) in [6.07, 6.45) is 4.34. The van der Waals surface area contributed by atoms with Crippen molar-refractivity contribution in [1.82, 2.24) is 14.9 Å². The van der Waals surface area contributed by atoms with Crippen molar-refractivity contribution in [1.29, 1.82) is 0 Å². The third-order valence-electron chi connectivity index (χ3n) is 3.64. The summed E-state index contributed by atoms with van der Waals surface area (Å²) in [7, 11) is 0. The van der Waals surface area contributed by atoms with Crippen LogP contribution in [0.2, 0.25) is 0 Å². The van der Waals surface area contributed by atoms with Crippen molar-refractivity contribution in [3.63, 3.8) is 0 Å². The predicted octanol–water partition coefficient (Wildman–Crippen LogP) is 2.90. The van der Waals surface area contributed by atoms with Crippen LogP contribution in [0, 0.1) is 6.92 Å². The molecule has 1 saturated heterocycles. The maximum absolute atomic E-state index is 4.40. The molecule has 1 N–H and O–H groups in total. The Morgan fingerprint density at radius 2 is 2.16 bits per heavy atom. The molecule has 1 atom stereocenters. The molecule has 3 rings (SSSR count).